The number of carbonyl (C=O) groups excluding carboxylic acids is 1. The number of fused-ring (bicyclic) bond motifs is 1. The molecule has 0 atom stereocenters. The number of thioether (sulfide) groups is 1. The first-order valence-electron chi connectivity index (χ1n) is 18.3. The number of carboxylic acid groups (broad SMARTS) is 2. The number of halogens is 8. The van der Waals surface area contributed by atoms with Gasteiger partial charge >= 0.3 is 24.3 Å². The minimum Gasteiger partial charge on any atom is -0.497 e. The molecule has 6 aromatic rings. The second-order valence-corrected chi connectivity index (χ2v) is 14.4. The van der Waals surface area contributed by atoms with E-state index in [4.69, 9.17) is 34.4 Å². The monoisotopic (exact) mass is 923 g/mol. The number of alkyl halides is 6. The lowest BCUT2D eigenvalue weighted by Gasteiger charge is -2.21. The van der Waals surface area contributed by atoms with Crippen molar-refractivity contribution in [3.05, 3.63) is 124 Å². The number of hydrogen-bond acceptors (Lipinski definition) is 11. The Hall–Kier alpha value is -7.08. The third-order valence-electron chi connectivity index (χ3n) is 8.68. The summed E-state index contributed by atoms with van der Waals surface area (Å²) in [4.78, 5) is 48.5. The lowest BCUT2D eigenvalue weighted by molar-refractivity contribution is -0.193. The first-order valence-corrected chi connectivity index (χ1v) is 19.2. The van der Waals surface area contributed by atoms with E-state index in [2.05, 4.69) is 20.7 Å². The Labute approximate surface area is 359 Å². The first-order chi connectivity index (χ1) is 30.2. The number of aromatic nitrogens is 5. The molecule has 1 saturated heterocycles. The van der Waals surface area contributed by atoms with E-state index in [0.29, 0.717) is 28.6 Å². The number of hydrogen-bond donors (Lipinski definition) is 4. The van der Waals surface area contributed by atoms with E-state index in [0.717, 1.165) is 53.0 Å². The van der Waals surface area contributed by atoms with Crippen molar-refractivity contribution in [1.29, 1.82) is 0 Å². The molecule has 1 amide bonds. The number of nitrogens with one attached hydrogen (secondary N) is 2. The van der Waals surface area contributed by atoms with Crippen LogP contribution in [0.3, 0.4) is 0 Å². The van der Waals surface area contributed by atoms with E-state index < -0.39 is 47.4 Å². The van der Waals surface area contributed by atoms with Crippen molar-refractivity contribution in [3.63, 3.8) is 0 Å². The highest BCUT2D eigenvalue weighted by Gasteiger charge is 2.39. The number of amides is 1. The van der Waals surface area contributed by atoms with Gasteiger partial charge in [-0.2, -0.15) is 41.2 Å². The number of rotatable bonds is 10. The Balaban J connectivity index is 0.000000477. The summed E-state index contributed by atoms with van der Waals surface area (Å²) in [7, 11) is 1.62. The number of ether oxygens (including phenoxy) is 2. The molecule has 3 aromatic heterocycles. The fourth-order valence-electron chi connectivity index (χ4n) is 5.62. The molecule has 1 fully saturated rings. The van der Waals surface area contributed by atoms with Crippen LogP contribution in [0, 0.1) is 11.6 Å². The minimum absolute atomic E-state index is 0.0706. The van der Waals surface area contributed by atoms with Crippen molar-refractivity contribution in [1.82, 2.24) is 29.9 Å². The third-order valence-corrected chi connectivity index (χ3v) is 9.99. The third kappa shape index (κ3) is 12.7. The van der Waals surface area contributed by atoms with Gasteiger partial charge in [0.2, 0.25) is 0 Å². The van der Waals surface area contributed by atoms with Crippen molar-refractivity contribution < 1.29 is 69.2 Å². The number of carboxylic acids is 2. The van der Waals surface area contributed by atoms with Crippen LogP contribution < -0.4 is 25.7 Å². The zero-order valence-corrected chi connectivity index (χ0v) is 33.6. The van der Waals surface area contributed by atoms with Gasteiger partial charge in [-0.15, -0.1) is 11.8 Å². The molecule has 0 spiro atoms. The number of aliphatic carboxylic acids is 2. The van der Waals surface area contributed by atoms with E-state index >= 15 is 4.39 Å². The summed E-state index contributed by atoms with van der Waals surface area (Å²) in [6, 6.07) is 19.8. The van der Waals surface area contributed by atoms with Gasteiger partial charge in [0.25, 0.3) is 11.5 Å². The number of carbonyl (C=O) groups is 3. The molecule has 338 valence electrons. The van der Waals surface area contributed by atoms with Gasteiger partial charge in [-0.3, -0.25) is 9.59 Å². The predicted octanol–water partition coefficient (Wildman–Crippen LogP) is 7.47. The fraction of sp³-hybridized carbons (Fsp3) is 0.225. The van der Waals surface area contributed by atoms with E-state index in [1.54, 1.807) is 31.1 Å². The Morgan fingerprint density at radius 2 is 1.48 bits per heavy atom. The van der Waals surface area contributed by atoms with Crippen LogP contribution in [-0.2, 0) is 16.1 Å². The molecule has 64 heavy (non-hydrogen) atoms. The topological polar surface area (TPSA) is 200 Å². The molecule has 24 heteroatoms. The molecule has 1 aliphatic rings. The zero-order valence-electron chi connectivity index (χ0n) is 32.8. The highest BCUT2D eigenvalue weighted by atomic mass is 32.2. The van der Waals surface area contributed by atoms with Crippen LogP contribution in [0.5, 0.6) is 17.2 Å². The average molecular weight is 924 g/mol. The SMILES string of the molecule is COc1ccc(Cn2nc(SC3CCNCC3)c3c(Oc4ccc(NC(=O)c5ccnn(-c6ccc(F)cc6)c5=O)cc4F)ccnc32)cc1.O=C(O)C(F)(F)F.O=C(O)C(F)(F)F. The van der Waals surface area contributed by atoms with Crippen LogP contribution in [0.2, 0.25) is 0 Å². The first kappa shape index (κ1) is 48.0. The van der Waals surface area contributed by atoms with Crippen LogP contribution in [0.4, 0.5) is 40.8 Å². The van der Waals surface area contributed by atoms with Crippen molar-refractivity contribution in [3.8, 4) is 22.9 Å². The highest BCUT2D eigenvalue weighted by Crippen LogP contribution is 2.40. The molecule has 3 aromatic carbocycles. The molecule has 0 aliphatic carbocycles. The number of piperidine rings is 1. The zero-order chi connectivity index (χ0) is 46.8. The van der Waals surface area contributed by atoms with Crippen LogP contribution in [-0.4, -0.2) is 90.4 Å². The number of benzene rings is 3. The Morgan fingerprint density at radius 1 is 0.859 bits per heavy atom. The molecule has 0 radical (unpaired) electrons. The molecule has 1 aliphatic heterocycles. The summed E-state index contributed by atoms with van der Waals surface area (Å²) in [5.41, 5.74) is 1.06. The second kappa shape index (κ2) is 20.9. The van der Waals surface area contributed by atoms with Gasteiger partial charge in [0.05, 0.1) is 24.7 Å². The molecule has 4 heterocycles. The van der Waals surface area contributed by atoms with E-state index in [1.807, 2.05) is 28.9 Å². The molecule has 7 rings (SSSR count). The van der Waals surface area contributed by atoms with Gasteiger partial charge in [-0.1, -0.05) is 12.1 Å². The van der Waals surface area contributed by atoms with Crippen LogP contribution in [0.15, 0.2) is 101 Å². The summed E-state index contributed by atoms with van der Waals surface area (Å²) in [5, 5.41) is 30.9. The fourth-order valence-corrected chi connectivity index (χ4v) is 6.86. The summed E-state index contributed by atoms with van der Waals surface area (Å²) < 4.78 is 107. The van der Waals surface area contributed by atoms with E-state index in [9.17, 15) is 40.3 Å². The summed E-state index contributed by atoms with van der Waals surface area (Å²) in [6.07, 6.45) is -5.32. The Kier molecular flexibility index (Phi) is 15.6. The maximum absolute atomic E-state index is 15.6. The number of anilines is 1. The quantitative estimate of drug-likeness (QED) is 0.0988. The maximum atomic E-state index is 15.6. The van der Waals surface area contributed by atoms with Crippen LogP contribution in [0.25, 0.3) is 16.7 Å². The molecule has 0 unspecified atom stereocenters. The number of pyridine rings is 1. The van der Waals surface area contributed by atoms with Crippen molar-refractivity contribution in [2.24, 2.45) is 0 Å². The highest BCUT2D eigenvalue weighted by molar-refractivity contribution is 8.00. The molecule has 0 bridgehead atoms. The lowest BCUT2D eigenvalue weighted by Crippen LogP contribution is -2.29. The van der Waals surface area contributed by atoms with Crippen molar-refractivity contribution >= 4 is 46.3 Å². The normalized spacial score (nSPS) is 12.9. The lowest BCUT2D eigenvalue weighted by atomic mass is 10.2. The van der Waals surface area contributed by atoms with Gasteiger partial charge in [0, 0.05) is 35.5 Å². The second-order valence-electron chi connectivity index (χ2n) is 13.1. The van der Waals surface area contributed by atoms with Gasteiger partial charge < -0.3 is 30.3 Å². The minimum atomic E-state index is -5.08. The molecule has 4 N–H and O–H groups in total. The maximum Gasteiger partial charge on any atom is 0.490 e. The average Bonchev–Trinajstić information content (AvgIpc) is 3.59. The van der Waals surface area contributed by atoms with E-state index in [1.165, 1.54) is 48.7 Å². The predicted molar refractivity (Wildman–Crippen MR) is 213 cm³/mol. The summed E-state index contributed by atoms with van der Waals surface area (Å²) in [5.74, 6) is -6.41. The van der Waals surface area contributed by atoms with Gasteiger partial charge in [-0.05, 0) is 86.1 Å². The van der Waals surface area contributed by atoms with Gasteiger partial charge in [0.15, 0.2) is 17.2 Å². The standard InChI is InChI=1S/C36H31F2N7O4S.2C2HF3O2/c1-48-26-9-2-22(3-10-26)21-44-33-32(35(43-44)50-27-12-16-39-17-13-27)31(15-18-40-33)49-30-11-6-24(20-29(30)38)42-34(46)28-14-19-41-45(36(28)47)25-7-4-23(37)5-8-25;2*3-2(4,5)1(6)7/h2-11,14-15,18-20,27,39H,12-13,16-17,21H2,1H3,(H,42,46);2*(H,6,7). The van der Waals surface area contributed by atoms with Gasteiger partial charge in [0.1, 0.15) is 27.9 Å². The molecular weight excluding hydrogens is 891 g/mol. The largest absolute Gasteiger partial charge is 0.497 e. The molecular formula is C40H33F8N7O8S. The van der Waals surface area contributed by atoms with Crippen LogP contribution >= 0.6 is 11.8 Å². The van der Waals surface area contributed by atoms with Crippen LogP contribution in [0.1, 0.15) is 28.8 Å². The molecule has 0 saturated carbocycles. The smallest absolute Gasteiger partial charge is 0.490 e. The van der Waals surface area contributed by atoms with Crippen molar-refractivity contribution in [2.45, 2.75) is 42.0 Å². The Morgan fingerprint density at radius 3 is 2.06 bits per heavy atom. The van der Waals surface area contributed by atoms with Gasteiger partial charge in [-0.25, -0.2) is 28.0 Å². The number of methoxy groups -OCH3 is 1. The van der Waals surface area contributed by atoms with E-state index in [-0.39, 0.29) is 22.7 Å². The molecule has 15 nitrogen and oxygen atoms in total. The Bertz CT molecular complexity index is 2630. The summed E-state index contributed by atoms with van der Waals surface area (Å²) in [6.45, 7) is 2.30. The van der Waals surface area contributed by atoms with Crippen molar-refractivity contribution in [2.75, 3.05) is 25.5 Å². The number of nitrogens with zero attached hydrogens (tertiary/aromatic N) is 5. The summed E-state index contributed by atoms with van der Waals surface area (Å²) >= 11 is 1.67.